The molecule has 0 saturated heterocycles. The number of sulfone groups is 1. The fourth-order valence-electron chi connectivity index (χ4n) is 3.71. The summed E-state index contributed by atoms with van der Waals surface area (Å²) in [5, 5.41) is 10.1. The van der Waals surface area contributed by atoms with Gasteiger partial charge in [0.15, 0.2) is 9.84 Å². The molecule has 150 valence electrons. The first-order chi connectivity index (χ1) is 13.1. The van der Waals surface area contributed by atoms with Crippen molar-refractivity contribution in [2.75, 3.05) is 12.8 Å². The van der Waals surface area contributed by atoms with Gasteiger partial charge in [0.05, 0.1) is 29.0 Å². The maximum Gasteiger partial charge on any atom is 0.227 e. The van der Waals surface area contributed by atoms with E-state index < -0.39 is 9.84 Å². The number of aliphatic hydroxyl groups is 1. The predicted molar refractivity (Wildman–Crippen MR) is 109 cm³/mol. The van der Waals surface area contributed by atoms with Crippen molar-refractivity contribution in [1.29, 1.82) is 0 Å². The lowest BCUT2D eigenvalue weighted by atomic mass is 9.93. The van der Waals surface area contributed by atoms with E-state index in [-0.39, 0.29) is 25.0 Å². The van der Waals surface area contributed by atoms with Crippen molar-refractivity contribution in [3.63, 3.8) is 0 Å². The van der Waals surface area contributed by atoms with Gasteiger partial charge < -0.3 is 10.0 Å². The molecule has 0 saturated carbocycles. The Morgan fingerprint density at radius 1 is 1.25 bits per heavy atom. The van der Waals surface area contributed by atoms with Crippen LogP contribution in [0.5, 0.6) is 0 Å². The quantitative estimate of drug-likeness (QED) is 0.786. The number of amides is 1. The molecular formula is C20H21Cl2NO4S. The van der Waals surface area contributed by atoms with Gasteiger partial charge in [0.1, 0.15) is 0 Å². The minimum atomic E-state index is -3.33. The first kappa shape index (κ1) is 21.1. The summed E-state index contributed by atoms with van der Waals surface area (Å²) in [5.74, 6) is -0.151. The molecule has 0 radical (unpaired) electrons. The molecule has 2 aromatic rings. The van der Waals surface area contributed by atoms with Crippen molar-refractivity contribution in [3.05, 3.63) is 62.6 Å². The lowest BCUT2D eigenvalue weighted by Crippen LogP contribution is -2.40. The van der Waals surface area contributed by atoms with Gasteiger partial charge in [-0.2, -0.15) is 0 Å². The molecule has 3 rings (SSSR count). The summed E-state index contributed by atoms with van der Waals surface area (Å²) in [4.78, 5) is 15.0. The Labute approximate surface area is 174 Å². The molecular weight excluding hydrogens is 421 g/mol. The first-order valence-corrected chi connectivity index (χ1v) is 11.5. The van der Waals surface area contributed by atoms with E-state index in [1.165, 1.54) is 6.26 Å². The molecule has 0 fully saturated rings. The number of rotatable bonds is 4. The molecule has 1 atom stereocenters. The van der Waals surface area contributed by atoms with Gasteiger partial charge in [-0.05, 0) is 47.7 Å². The maximum atomic E-state index is 13.0. The molecule has 1 heterocycles. The normalized spacial score (nSPS) is 16.8. The number of benzene rings is 2. The van der Waals surface area contributed by atoms with Crippen LogP contribution >= 0.6 is 23.2 Å². The van der Waals surface area contributed by atoms with Crippen LogP contribution < -0.4 is 0 Å². The average molecular weight is 442 g/mol. The molecule has 5 nitrogen and oxygen atoms in total. The third-order valence-electron chi connectivity index (χ3n) is 5.17. The fraction of sp³-hybridized carbons (Fsp3) is 0.350. The van der Waals surface area contributed by atoms with Gasteiger partial charge in [-0.3, -0.25) is 4.79 Å². The highest BCUT2D eigenvalue weighted by Crippen LogP contribution is 2.35. The van der Waals surface area contributed by atoms with E-state index in [9.17, 15) is 18.3 Å². The minimum Gasteiger partial charge on any atom is -0.392 e. The Morgan fingerprint density at radius 2 is 1.96 bits per heavy atom. The van der Waals surface area contributed by atoms with Crippen molar-refractivity contribution >= 4 is 38.9 Å². The second-order valence-electron chi connectivity index (χ2n) is 6.94. The number of hydrogen-bond acceptors (Lipinski definition) is 4. The van der Waals surface area contributed by atoms with Crippen LogP contribution in [0.3, 0.4) is 0 Å². The number of halogens is 2. The largest absolute Gasteiger partial charge is 0.392 e. The van der Waals surface area contributed by atoms with E-state index in [0.29, 0.717) is 39.0 Å². The van der Waals surface area contributed by atoms with Gasteiger partial charge in [-0.1, -0.05) is 41.4 Å². The van der Waals surface area contributed by atoms with Crippen LogP contribution in [0.1, 0.15) is 35.2 Å². The van der Waals surface area contributed by atoms with E-state index in [2.05, 4.69) is 0 Å². The smallest absolute Gasteiger partial charge is 0.227 e. The van der Waals surface area contributed by atoms with Gasteiger partial charge >= 0.3 is 0 Å². The third-order valence-corrected chi connectivity index (χ3v) is 7.18. The highest BCUT2D eigenvalue weighted by molar-refractivity contribution is 7.90. The van der Waals surface area contributed by atoms with Crippen molar-refractivity contribution < 1.29 is 18.3 Å². The standard InChI is InChI=1S/C20H21Cl2NO4S/c1-12-14-4-3-5-18(28(2,26)27)15(14)8-9-23(12)19(25)10-16-17(21)7-6-13(11-24)20(16)22/h3-7,12,24H,8-11H2,1-2H3/t12-/m0/s1. The van der Waals surface area contributed by atoms with Crippen LogP contribution in [-0.4, -0.2) is 37.1 Å². The maximum absolute atomic E-state index is 13.0. The molecule has 0 bridgehead atoms. The van der Waals surface area contributed by atoms with E-state index in [0.717, 1.165) is 11.1 Å². The Kier molecular flexibility index (Phi) is 6.05. The molecule has 0 spiro atoms. The van der Waals surface area contributed by atoms with Gasteiger partial charge in [-0.25, -0.2) is 8.42 Å². The van der Waals surface area contributed by atoms with E-state index >= 15 is 0 Å². The van der Waals surface area contributed by atoms with E-state index in [1.807, 2.05) is 13.0 Å². The van der Waals surface area contributed by atoms with E-state index in [1.54, 1.807) is 29.2 Å². The SMILES string of the molecule is C[C@H]1c2cccc(S(C)(=O)=O)c2CCN1C(=O)Cc1c(Cl)ccc(CO)c1Cl. The first-order valence-electron chi connectivity index (χ1n) is 8.83. The molecule has 1 aliphatic rings. The zero-order valence-electron chi connectivity index (χ0n) is 15.6. The molecule has 1 aliphatic heterocycles. The monoisotopic (exact) mass is 441 g/mol. The number of nitrogens with zero attached hydrogens (tertiary/aromatic N) is 1. The molecule has 0 aromatic heterocycles. The number of hydrogen-bond donors (Lipinski definition) is 1. The number of aliphatic hydroxyl groups excluding tert-OH is 1. The van der Waals surface area contributed by atoms with Crippen LogP contribution in [0, 0.1) is 0 Å². The number of carbonyl (C=O) groups excluding carboxylic acids is 1. The molecule has 28 heavy (non-hydrogen) atoms. The number of fused-ring (bicyclic) bond motifs is 1. The molecule has 8 heteroatoms. The van der Waals surface area contributed by atoms with E-state index in [4.69, 9.17) is 23.2 Å². The molecule has 1 N–H and O–H groups in total. The van der Waals surface area contributed by atoms with Crippen molar-refractivity contribution in [2.45, 2.75) is 37.3 Å². The summed E-state index contributed by atoms with van der Waals surface area (Å²) in [6.45, 7) is 2.06. The van der Waals surface area contributed by atoms with Crippen LogP contribution in [0.25, 0.3) is 0 Å². The molecule has 1 amide bonds. The van der Waals surface area contributed by atoms with Gasteiger partial charge in [0, 0.05) is 17.8 Å². The lowest BCUT2D eigenvalue weighted by Gasteiger charge is -2.36. The van der Waals surface area contributed by atoms with Gasteiger partial charge in [0.25, 0.3) is 0 Å². The van der Waals surface area contributed by atoms with Crippen LogP contribution in [0.4, 0.5) is 0 Å². The molecule has 0 unspecified atom stereocenters. The summed E-state index contributed by atoms with van der Waals surface area (Å²) >= 11 is 12.5. The Hall–Kier alpha value is -1.60. The zero-order chi connectivity index (χ0) is 20.6. The predicted octanol–water partition coefficient (Wildman–Crippen LogP) is 3.58. The minimum absolute atomic E-state index is 0.0109. The highest BCUT2D eigenvalue weighted by atomic mass is 35.5. The lowest BCUT2D eigenvalue weighted by molar-refractivity contribution is -0.133. The van der Waals surface area contributed by atoms with Crippen LogP contribution in [-0.2, 0) is 34.1 Å². The fourth-order valence-corrected chi connectivity index (χ4v) is 5.26. The zero-order valence-corrected chi connectivity index (χ0v) is 17.9. The summed E-state index contributed by atoms with van der Waals surface area (Å²) < 4.78 is 24.1. The second kappa shape index (κ2) is 8.03. The third kappa shape index (κ3) is 3.92. The Morgan fingerprint density at radius 3 is 2.61 bits per heavy atom. The van der Waals surface area contributed by atoms with Gasteiger partial charge in [-0.15, -0.1) is 0 Å². The van der Waals surface area contributed by atoms with Gasteiger partial charge in [0.2, 0.25) is 5.91 Å². The molecule has 0 aliphatic carbocycles. The van der Waals surface area contributed by atoms with Crippen LogP contribution in [0.2, 0.25) is 10.0 Å². The summed E-state index contributed by atoms with van der Waals surface area (Å²) in [6.07, 6.45) is 1.67. The molecule has 2 aromatic carbocycles. The summed E-state index contributed by atoms with van der Waals surface area (Å²) in [5.41, 5.74) is 2.62. The van der Waals surface area contributed by atoms with Crippen molar-refractivity contribution in [1.82, 2.24) is 4.90 Å². The second-order valence-corrected chi connectivity index (χ2v) is 9.71. The number of carbonyl (C=O) groups is 1. The highest BCUT2D eigenvalue weighted by Gasteiger charge is 2.31. The summed E-state index contributed by atoms with van der Waals surface area (Å²) in [7, 11) is -3.33. The van der Waals surface area contributed by atoms with Crippen molar-refractivity contribution in [3.8, 4) is 0 Å². The average Bonchev–Trinajstić information content (AvgIpc) is 2.64. The van der Waals surface area contributed by atoms with Crippen molar-refractivity contribution in [2.24, 2.45) is 0 Å². The summed E-state index contributed by atoms with van der Waals surface area (Å²) in [6, 6.07) is 8.16. The Bertz CT molecular complexity index is 1040. The van der Waals surface area contributed by atoms with Crippen LogP contribution in [0.15, 0.2) is 35.2 Å². The Balaban J connectivity index is 1.91. The topological polar surface area (TPSA) is 74.7 Å².